The Morgan fingerprint density at radius 3 is 2.35 bits per heavy atom. The van der Waals surface area contributed by atoms with Crippen molar-refractivity contribution in [3.63, 3.8) is 0 Å². The predicted octanol–water partition coefficient (Wildman–Crippen LogP) is 2.18. The van der Waals surface area contributed by atoms with Gasteiger partial charge in [0.1, 0.15) is 24.0 Å². The molecule has 112 valence electrons. The van der Waals surface area contributed by atoms with Crippen LogP contribution in [0.5, 0.6) is 0 Å². The van der Waals surface area contributed by atoms with Crippen LogP contribution >= 0.6 is 0 Å². The molecule has 6 heteroatoms. The van der Waals surface area contributed by atoms with Crippen LogP contribution in [0.3, 0.4) is 0 Å². The normalized spacial score (nSPS) is 11.1. The molecule has 6 nitrogen and oxygen atoms in total. The van der Waals surface area contributed by atoms with Gasteiger partial charge in [0.25, 0.3) is 0 Å². The molecule has 2 N–H and O–H groups in total. The highest BCUT2D eigenvalue weighted by molar-refractivity contribution is 5.74. The number of rotatable bonds is 6. The third-order valence-corrected chi connectivity index (χ3v) is 2.59. The van der Waals surface area contributed by atoms with E-state index in [4.69, 9.17) is 0 Å². The maximum Gasteiger partial charge on any atom is 0.325 e. The number of esters is 1. The van der Waals surface area contributed by atoms with Gasteiger partial charge in [-0.25, -0.2) is 9.97 Å². The standard InChI is InChI=1S/C14H24N4O2/c1-6-7-15-10-8-11(16-9-12(19)20-5)18-13(17-10)14(2,3)4/h8H,6-7,9H2,1-5H3,(H2,15,16,17,18). The number of methoxy groups -OCH3 is 1. The van der Waals surface area contributed by atoms with Crippen LogP contribution in [0.2, 0.25) is 0 Å². The zero-order chi connectivity index (χ0) is 15.2. The number of hydrogen-bond acceptors (Lipinski definition) is 6. The molecule has 0 fully saturated rings. The zero-order valence-electron chi connectivity index (χ0n) is 12.9. The molecule has 0 amide bonds. The van der Waals surface area contributed by atoms with Crippen LogP contribution in [0.1, 0.15) is 39.9 Å². The van der Waals surface area contributed by atoms with Crippen LogP contribution in [-0.2, 0) is 14.9 Å². The molecule has 1 rings (SSSR count). The second kappa shape index (κ2) is 7.07. The molecule has 0 bridgehead atoms. The number of ether oxygens (including phenoxy) is 1. The molecule has 0 aromatic carbocycles. The summed E-state index contributed by atoms with van der Waals surface area (Å²) in [6.07, 6.45) is 1.01. The van der Waals surface area contributed by atoms with Gasteiger partial charge in [0.2, 0.25) is 0 Å². The summed E-state index contributed by atoms with van der Waals surface area (Å²) in [7, 11) is 1.36. The van der Waals surface area contributed by atoms with Crippen LogP contribution in [0.4, 0.5) is 11.6 Å². The van der Waals surface area contributed by atoms with E-state index >= 15 is 0 Å². The lowest BCUT2D eigenvalue weighted by molar-refractivity contribution is -0.138. The summed E-state index contributed by atoms with van der Waals surface area (Å²) >= 11 is 0. The lowest BCUT2D eigenvalue weighted by Gasteiger charge is -2.19. The van der Waals surface area contributed by atoms with Gasteiger partial charge in [0, 0.05) is 18.0 Å². The molecule has 0 atom stereocenters. The van der Waals surface area contributed by atoms with Crippen molar-refractivity contribution < 1.29 is 9.53 Å². The van der Waals surface area contributed by atoms with E-state index in [-0.39, 0.29) is 17.9 Å². The molecule has 0 saturated heterocycles. The maximum absolute atomic E-state index is 11.2. The Labute approximate surface area is 120 Å². The van der Waals surface area contributed by atoms with E-state index in [9.17, 15) is 4.79 Å². The number of anilines is 2. The average Bonchev–Trinajstić information content (AvgIpc) is 2.41. The van der Waals surface area contributed by atoms with E-state index in [0.29, 0.717) is 5.82 Å². The Kier molecular flexibility index (Phi) is 5.73. The van der Waals surface area contributed by atoms with Crippen LogP contribution in [0.25, 0.3) is 0 Å². The molecular weight excluding hydrogens is 256 g/mol. The summed E-state index contributed by atoms with van der Waals surface area (Å²) in [6.45, 7) is 9.18. The van der Waals surface area contributed by atoms with Gasteiger partial charge < -0.3 is 15.4 Å². The third kappa shape index (κ3) is 5.03. The summed E-state index contributed by atoms with van der Waals surface area (Å²) in [5.74, 6) is 1.78. The average molecular weight is 280 g/mol. The van der Waals surface area contributed by atoms with Gasteiger partial charge in [-0.1, -0.05) is 27.7 Å². The molecule has 0 unspecified atom stereocenters. The lowest BCUT2D eigenvalue weighted by Crippen LogP contribution is -2.21. The summed E-state index contributed by atoms with van der Waals surface area (Å²) in [6, 6.07) is 1.80. The smallest absolute Gasteiger partial charge is 0.325 e. The number of hydrogen-bond donors (Lipinski definition) is 2. The molecule has 1 aromatic heterocycles. The summed E-state index contributed by atoms with van der Waals surface area (Å²) in [5.41, 5.74) is -0.161. The van der Waals surface area contributed by atoms with Gasteiger partial charge in [-0.2, -0.15) is 0 Å². The number of nitrogens with zero attached hydrogens (tertiary/aromatic N) is 2. The Morgan fingerprint density at radius 2 is 1.85 bits per heavy atom. The lowest BCUT2D eigenvalue weighted by atomic mass is 9.96. The van der Waals surface area contributed by atoms with E-state index in [1.54, 1.807) is 6.07 Å². The number of carbonyl (C=O) groups is 1. The minimum absolute atomic E-state index is 0.0876. The van der Waals surface area contributed by atoms with Gasteiger partial charge in [-0.15, -0.1) is 0 Å². The van der Waals surface area contributed by atoms with Crippen molar-refractivity contribution in [2.45, 2.75) is 39.5 Å². The molecule has 0 aliphatic heterocycles. The Morgan fingerprint density at radius 1 is 1.25 bits per heavy atom. The molecular formula is C14H24N4O2. The highest BCUT2D eigenvalue weighted by Crippen LogP contribution is 2.22. The number of carbonyl (C=O) groups excluding carboxylic acids is 1. The Hall–Kier alpha value is -1.85. The zero-order valence-corrected chi connectivity index (χ0v) is 12.9. The topological polar surface area (TPSA) is 76.1 Å². The first kappa shape index (κ1) is 16.2. The summed E-state index contributed by atoms with van der Waals surface area (Å²) in [4.78, 5) is 20.1. The first-order valence-corrected chi connectivity index (χ1v) is 6.81. The monoisotopic (exact) mass is 280 g/mol. The minimum Gasteiger partial charge on any atom is -0.468 e. The predicted molar refractivity (Wildman–Crippen MR) is 80.0 cm³/mol. The molecule has 0 aliphatic rings. The highest BCUT2D eigenvalue weighted by Gasteiger charge is 2.19. The van der Waals surface area contributed by atoms with Gasteiger partial charge in [-0.3, -0.25) is 4.79 Å². The van der Waals surface area contributed by atoms with E-state index in [2.05, 4.69) is 53.0 Å². The Balaban J connectivity index is 2.94. The van der Waals surface area contributed by atoms with Gasteiger partial charge in [0.15, 0.2) is 0 Å². The van der Waals surface area contributed by atoms with Crippen molar-refractivity contribution in [3.05, 3.63) is 11.9 Å². The highest BCUT2D eigenvalue weighted by atomic mass is 16.5. The van der Waals surface area contributed by atoms with Gasteiger partial charge >= 0.3 is 5.97 Å². The van der Waals surface area contributed by atoms with E-state index < -0.39 is 0 Å². The van der Waals surface area contributed by atoms with E-state index in [0.717, 1.165) is 24.6 Å². The molecule has 1 heterocycles. The quantitative estimate of drug-likeness (QED) is 0.778. The van der Waals surface area contributed by atoms with Crippen LogP contribution in [0, 0.1) is 0 Å². The molecule has 0 saturated carbocycles. The molecule has 20 heavy (non-hydrogen) atoms. The number of nitrogens with one attached hydrogen (secondary N) is 2. The van der Waals surface area contributed by atoms with Crippen molar-refractivity contribution in [3.8, 4) is 0 Å². The van der Waals surface area contributed by atoms with Crippen molar-refractivity contribution in [1.82, 2.24) is 9.97 Å². The van der Waals surface area contributed by atoms with Crippen molar-refractivity contribution in [2.75, 3.05) is 30.8 Å². The maximum atomic E-state index is 11.2. The molecule has 0 aliphatic carbocycles. The Bertz CT molecular complexity index is 455. The van der Waals surface area contributed by atoms with E-state index in [1.165, 1.54) is 7.11 Å². The van der Waals surface area contributed by atoms with Crippen molar-refractivity contribution in [2.24, 2.45) is 0 Å². The molecule has 0 radical (unpaired) electrons. The molecule has 1 aromatic rings. The third-order valence-electron chi connectivity index (χ3n) is 2.59. The number of aromatic nitrogens is 2. The van der Waals surface area contributed by atoms with Gasteiger partial charge in [0.05, 0.1) is 7.11 Å². The second-order valence-electron chi connectivity index (χ2n) is 5.57. The SMILES string of the molecule is CCCNc1cc(NCC(=O)OC)nc(C(C)(C)C)n1. The van der Waals surface area contributed by atoms with Gasteiger partial charge in [-0.05, 0) is 6.42 Å². The summed E-state index contributed by atoms with van der Waals surface area (Å²) in [5, 5.41) is 6.20. The summed E-state index contributed by atoms with van der Waals surface area (Å²) < 4.78 is 4.60. The van der Waals surface area contributed by atoms with Crippen LogP contribution < -0.4 is 10.6 Å². The first-order chi connectivity index (χ1) is 9.36. The minimum atomic E-state index is -0.330. The molecule has 0 spiro atoms. The van der Waals surface area contributed by atoms with Crippen LogP contribution in [-0.4, -0.2) is 36.1 Å². The van der Waals surface area contributed by atoms with Crippen molar-refractivity contribution in [1.29, 1.82) is 0 Å². The van der Waals surface area contributed by atoms with Crippen molar-refractivity contribution >= 4 is 17.6 Å². The second-order valence-corrected chi connectivity index (χ2v) is 5.57. The fourth-order valence-corrected chi connectivity index (χ4v) is 1.45. The first-order valence-electron chi connectivity index (χ1n) is 6.81. The van der Waals surface area contributed by atoms with E-state index in [1.807, 2.05) is 0 Å². The van der Waals surface area contributed by atoms with Crippen LogP contribution in [0.15, 0.2) is 6.07 Å². The fourth-order valence-electron chi connectivity index (χ4n) is 1.45. The fraction of sp³-hybridized carbons (Fsp3) is 0.643. The largest absolute Gasteiger partial charge is 0.468 e.